The summed E-state index contributed by atoms with van der Waals surface area (Å²) < 4.78 is 0. The van der Waals surface area contributed by atoms with E-state index >= 15 is 0 Å². The Bertz CT molecular complexity index is 357. The van der Waals surface area contributed by atoms with Crippen LogP contribution in [0.1, 0.15) is 35.2 Å². The van der Waals surface area contributed by atoms with E-state index in [0.717, 1.165) is 29.8 Å². The fourth-order valence-electron chi connectivity index (χ4n) is 1.64. The Labute approximate surface area is 105 Å². The summed E-state index contributed by atoms with van der Waals surface area (Å²) in [4.78, 5) is 11.7. The van der Waals surface area contributed by atoms with Crippen molar-refractivity contribution in [1.29, 1.82) is 0 Å². The molecule has 0 spiro atoms. The molecule has 0 unspecified atom stereocenters. The Morgan fingerprint density at radius 1 is 1.31 bits per heavy atom. The summed E-state index contributed by atoms with van der Waals surface area (Å²) >= 11 is 3.38. The molecule has 3 heteroatoms. The van der Waals surface area contributed by atoms with Crippen LogP contribution in [0.3, 0.4) is 0 Å². The van der Waals surface area contributed by atoms with Gasteiger partial charge in [-0.15, -0.1) is 0 Å². The van der Waals surface area contributed by atoms with Crippen molar-refractivity contribution in [3.63, 3.8) is 0 Å². The van der Waals surface area contributed by atoms with E-state index in [2.05, 4.69) is 21.2 Å². The molecular weight excluding hydrogens is 266 g/mol. The average molecular weight is 282 g/mol. The van der Waals surface area contributed by atoms with Crippen LogP contribution in [0.25, 0.3) is 0 Å². The second kappa shape index (κ2) is 5.48. The molecule has 0 saturated heterocycles. The molecule has 0 radical (unpaired) electrons. The van der Waals surface area contributed by atoms with Crippen LogP contribution in [0.2, 0.25) is 0 Å². The summed E-state index contributed by atoms with van der Waals surface area (Å²) in [5.41, 5.74) is 1.94. The Kier molecular flexibility index (Phi) is 3.99. The minimum absolute atomic E-state index is 0.0433. The predicted octanol–water partition coefficient (Wildman–Crippen LogP) is 3.11. The zero-order valence-electron chi connectivity index (χ0n) is 9.21. The second-order valence-corrected chi connectivity index (χ2v) is 4.88. The molecule has 16 heavy (non-hydrogen) atoms. The van der Waals surface area contributed by atoms with Gasteiger partial charge in [0.1, 0.15) is 0 Å². The molecule has 1 amide bonds. The van der Waals surface area contributed by atoms with Crippen LogP contribution in [0.5, 0.6) is 0 Å². The fraction of sp³-hybridized carbons (Fsp3) is 0.462. The van der Waals surface area contributed by atoms with E-state index in [9.17, 15) is 4.79 Å². The lowest BCUT2D eigenvalue weighted by Crippen LogP contribution is -2.24. The monoisotopic (exact) mass is 281 g/mol. The highest BCUT2D eigenvalue weighted by Crippen LogP contribution is 2.31. The second-order valence-electron chi connectivity index (χ2n) is 4.32. The van der Waals surface area contributed by atoms with Gasteiger partial charge in [-0.2, -0.15) is 0 Å². The SMILES string of the molecule is O=C(NCCC1CC1)c1ccc(CBr)cc1. The highest BCUT2D eigenvalue weighted by molar-refractivity contribution is 9.08. The Balaban J connectivity index is 1.81. The quantitative estimate of drug-likeness (QED) is 0.826. The molecule has 1 aromatic rings. The van der Waals surface area contributed by atoms with Gasteiger partial charge in [0.15, 0.2) is 0 Å². The van der Waals surface area contributed by atoms with Gasteiger partial charge in [0, 0.05) is 17.4 Å². The van der Waals surface area contributed by atoms with E-state index < -0.39 is 0 Å². The summed E-state index contributed by atoms with van der Waals surface area (Å²) in [5, 5.41) is 3.79. The molecule has 0 aliphatic heterocycles. The molecule has 0 bridgehead atoms. The first-order valence-electron chi connectivity index (χ1n) is 5.72. The lowest BCUT2D eigenvalue weighted by molar-refractivity contribution is 0.0952. The molecule has 1 saturated carbocycles. The molecule has 0 atom stereocenters. The van der Waals surface area contributed by atoms with Crippen molar-refractivity contribution >= 4 is 21.8 Å². The van der Waals surface area contributed by atoms with Crippen molar-refractivity contribution in [1.82, 2.24) is 5.32 Å². The van der Waals surface area contributed by atoms with Crippen LogP contribution in [0, 0.1) is 5.92 Å². The maximum absolute atomic E-state index is 11.7. The van der Waals surface area contributed by atoms with Gasteiger partial charge in [0.25, 0.3) is 5.91 Å². The van der Waals surface area contributed by atoms with E-state index in [1.807, 2.05) is 24.3 Å². The van der Waals surface area contributed by atoms with Crippen LogP contribution >= 0.6 is 15.9 Å². The third-order valence-electron chi connectivity index (χ3n) is 2.91. The maximum Gasteiger partial charge on any atom is 0.251 e. The van der Waals surface area contributed by atoms with E-state index in [1.54, 1.807) is 0 Å². The van der Waals surface area contributed by atoms with Gasteiger partial charge in [-0.3, -0.25) is 4.79 Å². The summed E-state index contributed by atoms with van der Waals surface area (Å²) in [6, 6.07) is 7.71. The minimum Gasteiger partial charge on any atom is -0.352 e. The summed E-state index contributed by atoms with van der Waals surface area (Å²) in [6.45, 7) is 0.809. The molecule has 1 aliphatic rings. The smallest absolute Gasteiger partial charge is 0.251 e. The molecule has 0 heterocycles. The predicted molar refractivity (Wildman–Crippen MR) is 68.7 cm³/mol. The van der Waals surface area contributed by atoms with Gasteiger partial charge in [0.2, 0.25) is 0 Å². The molecule has 2 rings (SSSR count). The highest BCUT2D eigenvalue weighted by atomic mass is 79.9. The molecule has 86 valence electrons. The Morgan fingerprint density at radius 2 is 2.00 bits per heavy atom. The van der Waals surface area contributed by atoms with Gasteiger partial charge < -0.3 is 5.32 Å². The minimum atomic E-state index is 0.0433. The molecule has 1 aromatic carbocycles. The van der Waals surface area contributed by atoms with Crippen molar-refractivity contribution in [3.8, 4) is 0 Å². The Hall–Kier alpha value is -0.830. The van der Waals surface area contributed by atoms with Crippen molar-refractivity contribution in [2.24, 2.45) is 5.92 Å². The van der Waals surface area contributed by atoms with Gasteiger partial charge in [-0.05, 0) is 30.0 Å². The molecule has 1 fully saturated rings. The first-order chi connectivity index (χ1) is 7.79. The van der Waals surface area contributed by atoms with E-state index in [-0.39, 0.29) is 5.91 Å². The standard InChI is InChI=1S/C13H16BrNO/c14-9-11-3-5-12(6-4-11)13(16)15-8-7-10-1-2-10/h3-6,10H,1-2,7-9H2,(H,15,16). The molecule has 2 nitrogen and oxygen atoms in total. The van der Waals surface area contributed by atoms with Gasteiger partial charge in [0.05, 0.1) is 0 Å². The van der Waals surface area contributed by atoms with Gasteiger partial charge in [-0.25, -0.2) is 0 Å². The normalized spacial score (nSPS) is 14.8. The average Bonchev–Trinajstić information content (AvgIpc) is 3.13. The Morgan fingerprint density at radius 3 is 2.56 bits per heavy atom. The number of carbonyl (C=O) groups excluding carboxylic acids is 1. The van der Waals surface area contributed by atoms with Crippen LogP contribution in [0.15, 0.2) is 24.3 Å². The third kappa shape index (κ3) is 3.34. The number of carbonyl (C=O) groups is 1. The highest BCUT2D eigenvalue weighted by Gasteiger charge is 2.20. The fourth-order valence-corrected chi connectivity index (χ4v) is 2.02. The largest absolute Gasteiger partial charge is 0.352 e. The van der Waals surface area contributed by atoms with E-state index in [4.69, 9.17) is 0 Å². The molecule has 1 aliphatic carbocycles. The van der Waals surface area contributed by atoms with Gasteiger partial charge in [-0.1, -0.05) is 40.9 Å². The maximum atomic E-state index is 11.7. The number of benzene rings is 1. The topological polar surface area (TPSA) is 29.1 Å². The number of hydrogen-bond donors (Lipinski definition) is 1. The zero-order valence-corrected chi connectivity index (χ0v) is 10.8. The summed E-state index contributed by atoms with van der Waals surface area (Å²) in [5.74, 6) is 0.915. The summed E-state index contributed by atoms with van der Waals surface area (Å²) in [7, 11) is 0. The summed E-state index contributed by atoms with van der Waals surface area (Å²) in [6.07, 6.45) is 3.82. The molecule has 0 aromatic heterocycles. The van der Waals surface area contributed by atoms with Crippen molar-refractivity contribution < 1.29 is 4.79 Å². The first kappa shape index (κ1) is 11.6. The van der Waals surface area contributed by atoms with E-state index in [0.29, 0.717) is 0 Å². The van der Waals surface area contributed by atoms with Crippen molar-refractivity contribution in [3.05, 3.63) is 35.4 Å². The van der Waals surface area contributed by atoms with Crippen LogP contribution in [0.4, 0.5) is 0 Å². The van der Waals surface area contributed by atoms with Gasteiger partial charge >= 0.3 is 0 Å². The first-order valence-corrected chi connectivity index (χ1v) is 6.85. The number of halogens is 1. The molecular formula is C13H16BrNO. The van der Waals surface area contributed by atoms with E-state index in [1.165, 1.54) is 18.4 Å². The van der Waals surface area contributed by atoms with Crippen molar-refractivity contribution in [2.75, 3.05) is 6.54 Å². The third-order valence-corrected chi connectivity index (χ3v) is 3.55. The number of nitrogens with one attached hydrogen (secondary N) is 1. The number of amides is 1. The molecule has 1 N–H and O–H groups in total. The number of alkyl halides is 1. The number of hydrogen-bond acceptors (Lipinski definition) is 1. The van der Waals surface area contributed by atoms with Crippen LogP contribution in [-0.2, 0) is 5.33 Å². The van der Waals surface area contributed by atoms with Crippen molar-refractivity contribution in [2.45, 2.75) is 24.6 Å². The lowest BCUT2D eigenvalue weighted by atomic mass is 10.1. The zero-order chi connectivity index (χ0) is 11.4. The van der Waals surface area contributed by atoms with Crippen LogP contribution < -0.4 is 5.32 Å². The lowest BCUT2D eigenvalue weighted by Gasteiger charge is -2.05. The van der Waals surface area contributed by atoms with Crippen LogP contribution in [-0.4, -0.2) is 12.5 Å². The number of rotatable bonds is 5.